The molecule has 0 saturated carbocycles. The summed E-state index contributed by atoms with van der Waals surface area (Å²) in [6, 6.07) is 0. The Hall–Kier alpha value is -0.930. The van der Waals surface area contributed by atoms with Crippen LogP contribution in [0.3, 0.4) is 0 Å². The molecule has 0 fully saturated rings. The van der Waals surface area contributed by atoms with E-state index in [-0.39, 0.29) is 0 Å². The maximum absolute atomic E-state index is 4.19. The predicted molar refractivity (Wildman–Crippen MR) is 69.7 cm³/mol. The predicted octanol–water partition coefficient (Wildman–Crippen LogP) is 3.37. The van der Waals surface area contributed by atoms with Crippen molar-refractivity contribution in [2.24, 2.45) is 5.92 Å². The van der Waals surface area contributed by atoms with Crippen molar-refractivity contribution in [2.45, 2.75) is 72.3 Å². The Morgan fingerprint density at radius 2 is 1.88 bits per heavy atom. The minimum Gasteiger partial charge on any atom is -0.164 e. The van der Waals surface area contributed by atoms with E-state index in [4.69, 9.17) is 0 Å². The van der Waals surface area contributed by atoms with Gasteiger partial charge in [0.1, 0.15) is 0 Å². The fourth-order valence-electron chi connectivity index (χ4n) is 2.15. The summed E-state index contributed by atoms with van der Waals surface area (Å²) in [4.78, 5) is 1.71. The third-order valence-corrected chi connectivity index (χ3v) is 3.32. The van der Waals surface area contributed by atoms with Crippen LogP contribution in [0.1, 0.15) is 64.6 Å². The Bertz CT molecular complexity index is 295. The number of rotatable bonds is 9. The molecule has 17 heavy (non-hydrogen) atoms. The molecule has 0 amide bonds. The van der Waals surface area contributed by atoms with Crippen molar-refractivity contribution in [1.29, 1.82) is 0 Å². The molecule has 4 nitrogen and oxygen atoms in total. The van der Waals surface area contributed by atoms with Gasteiger partial charge in [-0.05, 0) is 24.5 Å². The molecule has 98 valence electrons. The standard InChI is InChI=1S/C13H26N4/c1-4-6-9-13(5-2)10-7-8-11-17-15-12(3)14-16-17/h13H,4-11H2,1-3H3. The maximum Gasteiger partial charge on any atom is 0.171 e. The van der Waals surface area contributed by atoms with Crippen LogP contribution in [0.4, 0.5) is 0 Å². The second kappa shape index (κ2) is 8.20. The van der Waals surface area contributed by atoms with Crippen molar-refractivity contribution < 1.29 is 0 Å². The highest BCUT2D eigenvalue weighted by molar-refractivity contribution is 4.66. The molecule has 1 heterocycles. The van der Waals surface area contributed by atoms with Crippen LogP contribution in [0.5, 0.6) is 0 Å². The van der Waals surface area contributed by atoms with E-state index in [2.05, 4.69) is 29.3 Å². The van der Waals surface area contributed by atoms with Crippen LogP contribution in [0, 0.1) is 12.8 Å². The first-order valence-electron chi connectivity index (χ1n) is 7.00. The van der Waals surface area contributed by atoms with E-state index < -0.39 is 0 Å². The molecule has 0 aliphatic rings. The van der Waals surface area contributed by atoms with E-state index in [1.54, 1.807) is 4.80 Å². The molecule has 0 aliphatic carbocycles. The van der Waals surface area contributed by atoms with Crippen LogP contribution >= 0.6 is 0 Å². The lowest BCUT2D eigenvalue weighted by atomic mass is 9.94. The average Bonchev–Trinajstić information content (AvgIpc) is 2.74. The van der Waals surface area contributed by atoms with E-state index in [1.165, 1.54) is 44.9 Å². The third kappa shape index (κ3) is 5.80. The lowest BCUT2D eigenvalue weighted by Crippen LogP contribution is -2.04. The van der Waals surface area contributed by atoms with Gasteiger partial charge in [-0.3, -0.25) is 0 Å². The van der Waals surface area contributed by atoms with Gasteiger partial charge in [-0.25, -0.2) is 0 Å². The van der Waals surface area contributed by atoms with Crippen LogP contribution in [0.2, 0.25) is 0 Å². The number of hydrogen-bond donors (Lipinski definition) is 0. The Morgan fingerprint density at radius 3 is 2.47 bits per heavy atom. The normalized spacial score (nSPS) is 12.9. The highest BCUT2D eigenvalue weighted by Crippen LogP contribution is 2.19. The van der Waals surface area contributed by atoms with Crippen LogP contribution in [-0.2, 0) is 6.54 Å². The summed E-state index contributed by atoms with van der Waals surface area (Å²) in [6.45, 7) is 7.36. The first-order chi connectivity index (χ1) is 8.26. The molecular weight excluding hydrogens is 212 g/mol. The summed E-state index contributed by atoms with van der Waals surface area (Å²) in [5.41, 5.74) is 0. The van der Waals surface area contributed by atoms with Crippen molar-refractivity contribution in [3.63, 3.8) is 0 Å². The smallest absolute Gasteiger partial charge is 0.164 e. The Kier molecular flexibility index (Phi) is 6.82. The minimum absolute atomic E-state index is 0.763. The van der Waals surface area contributed by atoms with Gasteiger partial charge in [0, 0.05) is 0 Å². The topological polar surface area (TPSA) is 43.6 Å². The lowest BCUT2D eigenvalue weighted by Gasteiger charge is -2.13. The summed E-state index contributed by atoms with van der Waals surface area (Å²) in [5, 5.41) is 12.0. The second-order valence-electron chi connectivity index (χ2n) is 4.84. The molecule has 0 N–H and O–H groups in total. The Labute approximate surface area is 105 Å². The summed E-state index contributed by atoms with van der Waals surface area (Å²) in [7, 11) is 0. The average molecular weight is 238 g/mol. The van der Waals surface area contributed by atoms with Gasteiger partial charge in [0.25, 0.3) is 0 Å². The summed E-state index contributed by atoms with van der Waals surface area (Å²) < 4.78 is 0. The summed E-state index contributed by atoms with van der Waals surface area (Å²) >= 11 is 0. The molecule has 0 aromatic carbocycles. The van der Waals surface area contributed by atoms with Crippen molar-refractivity contribution in [3.8, 4) is 0 Å². The van der Waals surface area contributed by atoms with Gasteiger partial charge in [0.15, 0.2) is 5.82 Å². The zero-order valence-corrected chi connectivity index (χ0v) is 11.5. The van der Waals surface area contributed by atoms with E-state index >= 15 is 0 Å². The van der Waals surface area contributed by atoms with Crippen molar-refractivity contribution in [1.82, 2.24) is 20.2 Å². The molecule has 0 radical (unpaired) electrons. The molecule has 0 spiro atoms. The molecule has 0 bridgehead atoms. The molecule has 1 unspecified atom stereocenters. The first-order valence-corrected chi connectivity index (χ1v) is 7.00. The quantitative estimate of drug-likeness (QED) is 0.619. The van der Waals surface area contributed by atoms with Gasteiger partial charge in [-0.2, -0.15) is 4.80 Å². The van der Waals surface area contributed by atoms with Crippen LogP contribution in [-0.4, -0.2) is 20.2 Å². The molecule has 0 saturated heterocycles. The number of hydrogen-bond acceptors (Lipinski definition) is 3. The SMILES string of the molecule is CCCCC(CC)CCCCn1nnc(C)n1. The van der Waals surface area contributed by atoms with Crippen LogP contribution < -0.4 is 0 Å². The molecule has 1 rings (SSSR count). The second-order valence-corrected chi connectivity index (χ2v) is 4.84. The number of nitrogens with zero attached hydrogens (tertiary/aromatic N) is 4. The van der Waals surface area contributed by atoms with Crippen molar-refractivity contribution >= 4 is 0 Å². The Morgan fingerprint density at radius 1 is 1.12 bits per heavy atom. The van der Waals surface area contributed by atoms with E-state index in [0.717, 1.165) is 18.3 Å². The minimum atomic E-state index is 0.763. The van der Waals surface area contributed by atoms with Crippen molar-refractivity contribution in [2.75, 3.05) is 0 Å². The number of aryl methyl sites for hydroxylation is 2. The molecule has 1 aromatic heterocycles. The number of unbranched alkanes of at least 4 members (excludes halogenated alkanes) is 2. The lowest BCUT2D eigenvalue weighted by molar-refractivity contribution is 0.387. The number of tetrazole rings is 1. The summed E-state index contributed by atoms with van der Waals surface area (Å²) in [6.07, 6.45) is 9.21. The highest BCUT2D eigenvalue weighted by atomic mass is 15.6. The molecule has 4 heteroatoms. The van der Waals surface area contributed by atoms with Crippen LogP contribution in [0.25, 0.3) is 0 Å². The van der Waals surface area contributed by atoms with Gasteiger partial charge in [-0.15, -0.1) is 10.2 Å². The summed E-state index contributed by atoms with van der Waals surface area (Å²) in [5.74, 6) is 1.68. The molecule has 0 aliphatic heterocycles. The zero-order chi connectivity index (χ0) is 12.5. The zero-order valence-electron chi connectivity index (χ0n) is 11.5. The maximum atomic E-state index is 4.19. The van der Waals surface area contributed by atoms with Gasteiger partial charge in [0.2, 0.25) is 0 Å². The Balaban J connectivity index is 2.09. The van der Waals surface area contributed by atoms with E-state index in [9.17, 15) is 0 Å². The largest absolute Gasteiger partial charge is 0.171 e. The monoisotopic (exact) mass is 238 g/mol. The van der Waals surface area contributed by atoms with Crippen LogP contribution in [0.15, 0.2) is 0 Å². The number of aromatic nitrogens is 4. The highest BCUT2D eigenvalue weighted by Gasteiger charge is 2.05. The fraction of sp³-hybridized carbons (Fsp3) is 0.923. The van der Waals surface area contributed by atoms with E-state index in [0.29, 0.717) is 0 Å². The molecule has 1 atom stereocenters. The van der Waals surface area contributed by atoms with Gasteiger partial charge < -0.3 is 0 Å². The van der Waals surface area contributed by atoms with Gasteiger partial charge in [0.05, 0.1) is 6.54 Å². The molecular formula is C13H26N4. The van der Waals surface area contributed by atoms with E-state index in [1.807, 2.05) is 6.92 Å². The fourth-order valence-corrected chi connectivity index (χ4v) is 2.15. The van der Waals surface area contributed by atoms with Gasteiger partial charge in [-0.1, -0.05) is 52.4 Å². The first kappa shape index (κ1) is 14.1. The van der Waals surface area contributed by atoms with Crippen molar-refractivity contribution in [3.05, 3.63) is 5.82 Å². The van der Waals surface area contributed by atoms with Gasteiger partial charge >= 0.3 is 0 Å². The third-order valence-electron chi connectivity index (χ3n) is 3.32. The molecule has 1 aromatic rings.